The summed E-state index contributed by atoms with van der Waals surface area (Å²) in [7, 11) is 1.83. The molecule has 0 radical (unpaired) electrons. The average Bonchev–Trinajstić information content (AvgIpc) is 2.55. The van der Waals surface area contributed by atoms with Crippen LogP contribution in [0.1, 0.15) is 52.4 Å². The quantitative estimate of drug-likeness (QED) is 0.816. The molecule has 0 unspecified atom stereocenters. The van der Waals surface area contributed by atoms with Gasteiger partial charge in [0.05, 0.1) is 6.10 Å². The zero-order valence-corrected chi connectivity index (χ0v) is 14.9. The van der Waals surface area contributed by atoms with Crippen molar-refractivity contribution >= 4 is 0 Å². The van der Waals surface area contributed by atoms with Crippen molar-refractivity contribution < 1.29 is 4.74 Å². The zero-order valence-electron chi connectivity index (χ0n) is 14.9. The maximum atomic E-state index is 5.35. The minimum absolute atomic E-state index is 0.521. The van der Waals surface area contributed by atoms with Crippen molar-refractivity contribution in [1.82, 2.24) is 15.5 Å². The smallest absolute Gasteiger partial charge is 0.0601 e. The summed E-state index contributed by atoms with van der Waals surface area (Å²) in [5.41, 5.74) is 0. The molecule has 0 aromatic heterocycles. The minimum atomic E-state index is 0.521. The monoisotopic (exact) mass is 311 g/mol. The van der Waals surface area contributed by atoms with Gasteiger partial charge in [0, 0.05) is 25.7 Å². The molecule has 2 saturated heterocycles. The molecule has 0 spiro atoms. The van der Waals surface area contributed by atoms with Crippen LogP contribution < -0.4 is 10.6 Å². The number of hydrogen-bond acceptors (Lipinski definition) is 4. The van der Waals surface area contributed by atoms with E-state index >= 15 is 0 Å². The molecule has 0 bridgehead atoms. The summed E-state index contributed by atoms with van der Waals surface area (Å²) in [6.07, 6.45) is 8.36. The molecule has 0 amide bonds. The van der Waals surface area contributed by atoms with Crippen LogP contribution in [0.5, 0.6) is 0 Å². The van der Waals surface area contributed by atoms with Gasteiger partial charge in [0.15, 0.2) is 0 Å². The summed E-state index contributed by atoms with van der Waals surface area (Å²) in [6.45, 7) is 10.4. The highest BCUT2D eigenvalue weighted by Crippen LogP contribution is 2.25. The first-order valence-corrected chi connectivity index (χ1v) is 9.55. The minimum Gasteiger partial charge on any atom is -0.381 e. The highest BCUT2D eigenvalue weighted by molar-refractivity contribution is 4.90. The Balaban J connectivity index is 0.000000847. The third kappa shape index (κ3) is 5.48. The molecule has 3 rings (SSSR count). The molecule has 4 nitrogen and oxygen atoms in total. The molecule has 2 heterocycles. The maximum absolute atomic E-state index is 5.35. The maximum Gasteiger partial charge on any atom is 0.0601 e. The van der Waals surface area contributed by atoms with Crippen LogP contribution in [0.25, 0.3) is 0 Å². The summed E-state index contributed by atoms with van der Waals surface area (Å²) in [5.74, 6) is 0.940. The van der Waals surface area contributed by atoms with E-state index in [0.717, 1.165) is 18.0 Å². The molecular formula is C18H37N3O. The number of methoxy groups -OCH3 is 1. The third-order valence-corrected chi connectivity index (χ3v) is 5.46. The average molecular weight is 312 g/mol. The van der Waals surface area contributed by atoms with Crippen LogP contribution in [-0.2, 0) is 4.74 Å². The number of hydrogen-bond donors (Lipinski definition) is 2. The second kappa shape index (κ2) is 9.86. The Hall–Kier alpha value is -0.160. The summed E-state index contributed by atoms with van der Waals surface area (Å²) in [5, 5.41) is 7.29. The Morgan fingerprint density at radius 1 is 1.00 bits per heavy atom. The lowest BCUT2D eigenvalue weighted by Crippen LogP contribution is -2.52. The van der Waals surface area contributed by atoms with Gasteiger partial charge in [-0.25, -0.2) is 0 Å². The van der Waals surface area contributed by atoms with E-state index < -0.39 is 0 Å². The Morgan fingerprint density at radius 2 is 1.64 bits per heavy atom. The second-order valence-electron chi connectivity index (χ2n) is 6.96. The summed E-state index contributed by atoms with van der Waals surface area (Å²) >= 11 is 0. The van der Waals surface area contributed by atoms with Gasteiger partial charge >= 0.3 is 0 Å². The fraction of sp³-hybridized carbons (Fsp3) is 1.00. The Bertz CT molecular complexity index is 280. The lowest BCUT2D eigenvalue weighted by Gasteiger charge is -2.41. The first-order chi connectivity index (χ1) is 10.8. The van der Waals surface area contributed by atoms with Crippen molar-refractivity contribution in [2.75, 3.05) is 39.8 Å². The number of likely N-dealkylation sites (tertiary alicyclic amines) is 1. The van der Waals surface area contributed by atoms with Crippen molar-refractivity contribution in [2.24, 2.45) is 5.92 Å². The first-order valence-electron chi connectivity index (χ1n) is 9.55. The highest BCUT2D eigenvalue weighted by atomic mass is 16.5. The van der Waals surface area contributed by atoms with Crippen LogP contribution in [-0.4, -0.2) is 62.9 Å². The molecule has 4 heteroatoms. The van der Waals surface area contributed by atoms with Crippen molar-refractivity contribution in [3.8, 4) is 0 Å². The predicted octanol–water partition coefficient (Wildman–Crippen LogP) is 2.24. The molecule has 1 saturated carbocycles. The van der Waals surface area contributed by atoms with Crippen molar-refractivity contribution in [1.29, 1.82) is 0 Å². The first kappa shape index (κ1) is 18.2. The van der Waals surface area contributed by atoms with E-state index in [9.17, 15) is 0 Å². The Labute approximate surface area is 137 Å². The lowest BCUT2D eigenvalue weighted by atomic mass is 9.87. The van der Waals surface area contributed by atoms with E-state index in [1.54, 1.807) is 0 Å². The molecule has 0 atom stereocenters. The fourth-order valence-corrected chi connectivity index (χ4v) is 3.94. The van der Waals surface area contributed by atoms with Crippen LogP contribution in [0.15, 0.2) is 0 Å². The number of ether oxygens (including phenoxy) is 1. The molecule has 0 aromatic rings. The summed E-state index contributed by atoms with van der Waals surface area (Å²) in [6, 6.07) is 1.47. The largest absolute Gasteiger partial charge is 0.381 e. The second-order valence-corrected chi connectivity index (χ2v) is 6.96. The van der Waals surface area contributed by atoms with Gasteiger partial charge in [-0.3, -0.25) is 0 Å². The lowest BCUT2D eigenvalue weighted by molar-refractivity contribution is 0.0110. The topological polar surface area (TPSA) is 36.5 Å². The van der Waals surface area contributed by atoms with Crippen LogP contribution in [0.4, 0.5) is 0 Å². The fourth-order valence-electron chi connectivity index (χ4n) is 3.94. The summed E-state index contributed by atoms with van der Waals surface area (Å²) in [4.78, 5) is 2.70. The molecular weight excluding hydrogens is 274 g/mol. The van der Waals surface area contributed by atoms with Gasteiger partial charge < -0.3 is 20.3 Å². The van der Waals surface area contributed by atoms with E-state index in [0.29, 0.717) is 6.10 Å². The molecule has 130 valence electrons. The van der Waals surface area contributed by atoms with E-state index in [-0.39, 0.29) is 0 Å². The Morgan fingerprint density at radius 3 is 2.23 bits per heavy atom. The van der Waals surface area contributed by atoms with Gasteiger partial charge in [0.1, 0.15) is 0 Å². The van der Waals surface area contributed by atoms with Gasteiger partial charge in [0.25, 0.3) is 0 Å². The number of nitrogens with one attached hydrogen (secondary N) is 2. The summed E-state index contributed by atoms with van der Waals surface area (Å²) < 4.78 is 5.35. The molecule has 3 aliphatic rings. The van der Waals surface area contributed by atoms with Crippen molar-refractivity contribution in [3.63, 3.8) is 0 Å². The van der Waals surface area contributed by atoms with Crippen molar-refractivity contribution in [2.45, 2.75) is 70.6 Å². The number of piperidine rings is 2. The molecule has 3 fully saturated rings. The van der Waals surface area contributed by atoms with Crippen LogP contribution >= 0.6 is 0 Å². The third-order valence-electron chi connectivity index (χ3n) is 5.46. The van der Waals surface area contributed by atoms with Gasteiger partial charge in [-0.2, -0.15) is 0 Å². The molecule has 1 aliphatic carbocycles. The normalized spacial score (nSPS) is 31.2. The number of rotatable bonds is 5. The number of nitrogens with zero attached hydrogens (tertiary/aromatic N) is 1. The van der Waals surface area contributed by atoms with Crippen LogP contribution in [0.2, 0.25) is 0 Å². The van der Waals surface area contributed by atoms with Gasteiger partial charge in [-0.05, 0) is 70.6 Å². The predicted molar refractivity (Wildman–Crippen MR) is 93.4 cm³/mol. The molecule has 2 aliphatic heterocycles. The SMILES string of the molecule is CC.COC1CC(NC2CCN(CC3CCNCC3)CC2)C1. The van der Waals surface area contributed by atoms with E-state index in [2.05, 4.69) is 15.5 Å². The standard InChI is InChI=1S/C16H31N3O.C2H6/c1-20-16-10-15(11-16)18-14-4-8-19(9-5-14)12-13-2-6-17-7-3-13;1-2/h13-18H,2-12H2,1H3;1-2H3. The molecule has 22 heavy (non-hydrogen) atoms. The highest BCUT2D eigenvalue weighted by Gasteiger charge is 2.31. The zero-order chi connectivity index (χ0) is 15.8. The Kier molecular flexibility index (Phi) is 8.15. The van der Waals surface area contributed by atoms with Crippen LogP contribution in [0.3, 0.4) is 0 Å². The van der Waals surface area contributed by atoms with Crippen LogP contribution in [0, 0.1) is 5.92 Å². The molecule has 2 N–H and O–H groups in total. The van der Waals surface area contributed by atoms with E-state index in [1.807, 2.05) is 21.0 Å². The van der Waals surface area contributed by atoms with E-state index in [1.165, 1.54) is 71.2 Å². The van der Waals surface area contributed by atoms with E-state index in [4.69, 9.17) is 4.74 Å². The molecule has 0 aromatic carbocycles. The van der Waals surface area contributed by atoms with Gasteiger partial charge in [-0.15, -0.1) is 0 Å². The van der Waals surface area contributed by atoms with Gasteiger partial charge in [-0.1, -0.05) is 13.8 Å². The van der Waals surface area contributed by atoms with Gasteiger partial charge in [0.2, 0.25) is 0 Å². The van der Waals surface area contributed by atoms with Crippen molar-refractivity contribution in [3.05, 3.63) is 0 Å².